The summed E-state index contributed by atoms with van der Waals surface area (Å²) in [5.41, 5.74) is 3.15. The molecule has 0 saturated heterocycles. The first-order chi connectivity index (χ1) is 12.5. The third kappa shape index (κ3) is 5.40. The molecule has 1 N–H and O–H groups in total. The van der Waals surface area contributed by atoms with Crippen molar-refractivity contribution in [3.8, 4) is 5.75 Å². The molecule has 0 bridgehead atoms. The monoisotopic (exact) mass is 513 g/mol. The zero-order valence-corrected chi connectivity index (χ0v) is 18.3. The molecule has 0 unspecified atom stereocenters. The molecule has 3 aromatic carbocycles. The Bertz CT molecular complexity index is 878. The van der Waals surface area contributed by atoms with E-state index in [4.69, 9.17) is 27.9 Å². The quantitative estimate of drug-likeness (QED) is 0.363. The van der Waals surface area contributed by atoms with Crippen molar-refractivity contribution >= 4 is 60.7 Å². The van der Waals surface area contributed by atoms with Gasteiger partial charge in [0.05, 0.1) is 8.95 Å². The normalized spacial score (nSPS) is 10.6. The topological polar surface area (TPSA) is 21.3 Å². The number of ether oxygens (including phenoxy) is 1. The van der Waals surface area contributed by atoms with Crippen molar-refractivity contribution in [2.75, 3.05) is 5.32 Å². The fraction of sp³-hybridized carbons (Fsp3) is 0.100. The molecule has 2 nitrogen and oxygen atoms in total. The lowest BCUT2D eigenvalue weighted by Crippen LogP contribution is -2.01. The molecular weight excluding hydrogens is 501 g/mol. The van der Waals surface area contributed by atoms with Crippen molar-refractivity contribution in [1.29, 1.82) is 0 Å². The lowest BCUT2D eigenvalue weighted by atomic mass is 10.2. The fourth-order valence-corrected chi connectivity index (χ4v) is 4.22. The van der Waals surface area contributed by atoms with E-state index in [0.29, 0.717) is 23.2 Å². The molecule has 0 atom stereocenters. The van der Waals surface area contributed by atoms with E-state index >= 15 is 0 Å². The van der Waals surface area contributed by atoms with Crippen LogP contribution in [0.1, 0.15) is 11.1 Å². The Kier molecular flexibility index (Phi) is 6.87. The molecule has 0 spiro atoms. The van der Waals surface area contributed by atoms with Gasteiger partial charge in [-0.3, -0.25) is 0 Å². The summed E-state index contributed by atoms with van der Waals surface area (Å²) in [6, 6.07) is 19.4. The SMILES string of the molecule is Clc1ccc(COc2c(Br)cc(CNc3cccc(Cl)c3)cc2Br)cc1. The van der Waals surface area contributed by atoms with Crippen LogP contribution in [0, 0.1) is 0 Å². The van der Waals surface area contributed by atoms with Crippen LogP contribution >= 0.6 is 55.1 Å². The maximum atomic E-state index is 6.01. The molecule has 134 valence electrons. The van der Waals surface area contributed by atoms with E-state index in [0.717, 1.165) is 31.5 Å². The van der Waals surface area contributed by atoms with Gasteiger partial charge < -0.3 is 10.1 Å². The summed E-state index contributed by atoms with van der Waals surface area (Å²) in [5.74, 6) is 0.770. The first-order valence-electron chi connectivity index (χ1n) is 7.86. The van der Waals surface area contributed by atoms with Crippen LogP contribution in [0.25, 0.3) is 0 Å². The van der Waals surface area contributed by atoms with Crippen molar-refractivity contribution in [2.45, 2.75) is 13.2 Å². The predicted molar refractivity (Wildman–Crippen MR) is 116 cm³/mol. The van der Waals surface area contributed by atoms with E-state index in [-0.39, 0.29) is 0 Å². The average molecular weight is 516 g/mol. The van der Waals surface area contributed by atoms with Gasteiger partial charge in [0.25, 0.3) is 0 Å². The van der Waals surface area contributed by atoms with Gasteiger partial charge in [0.15, 0.2) is 0 Å². The van der Waals surface area contributed by atoms with E-state index in [1.165, 1.54) is 0 Å². The molecule has 26 heavy (non-hydrogen) atoms. The summed E-state index contributed by atoms with van der Waals surface area (Å²) in [6.07, 6.45) is 0. The van der Waals surface area contributed by atoms with Gasteiger partial charge in [0.2, 0.25) is 0 Å². The standard InChI is InChI=1S/C20H15Br2Cl2NO/c21-18-8-14(11-25-17-3-1-2-16(24)10-17)9-19(22)20(18)26-12-13-4-6-15(23)7-5-13/h1-10,25H,11-12H2. The maximum absolute atomic E-state index is 6.01. The number of anilines is 1. The lowest BCUT2D eigenvalue weighted by Gasteiger charge is -2.13. The zero-order chi connectivity index (χ0) is 18.5. The Balaban J connectivity index is 1.66. The summed E-state index contributed by atoms with van der Waals surface area (Å²) >= 11 is 19.1. The van der Waals surface area contributed by atoms with Gasteiger partial charge in [-0.2, -0.15) is 0 Å². The number of halogens is 4. The Morgan fingerprint density at radius 1 is 0.808 bits per heavy atom. The first-order valence-corrected chi connectivity index (χ1v) is 10.2. The molecule has 0 saturated carbocycles. The van der Waals surface area contributed by atoms with E-state index in [9.17, 15) is 0 Å². The van der Waals surface area contributed by atoms with Crippen LogP contribution in [0.2, 0.25) is 10.0 Å². The van der Waals surface area contributed by atoms with Crippen molar-refractivity contribution in [3.05, 3.63) is 90.8 Å². The van der Waals surface area contributed by atoms with Gasteiger partial charge in [0, 0.05) is 22.3 Å². The van der Waals surface area contributed by atoms with Crippen LogP contribution < -0.4 is 10.1 Å². The summed E-state index contributed by atoms with van der Waals surface area (Å²) in [6.45, 7) is 1.14. The Hall–Kier alpha value is -1.20. The number of rotatable bonds is 6. The molecule has 0 radical (unpaired) electrons. The minimum absolute atomic E-state index is 0.467. The lowest BCUT2D eigenvalue weighted by molar-refractivity contribution is 0.302. The Labute approximate surface area is 179 Å². The van der Waals surface area contributed by atoms with Gasteiger partial charge >= 0.3 is 0 Å². The molecule has 0 aliphatic carbocycles. The number of nitrogens with one attached hydrogen (secondary N) is 1. The van der Waals surface area contributed by atoms with Crippen molar-refractivity contribution < 1.29 is 4.74 Å². The number of hydrogen-bond acceptors (Lipinski definition) is 2. The van der Waals surface area contributed by atoms with Crippen molar-refractivity contribution in [2.24, 2.45) is 0 Å². The molecule has 6 heteroatoms. The Morgan fingerprint density at radius 3 is 2.15 bits per heavy atom. The van der Waals surface area contributed by atoms with Crippen LogP contribution in [0.3, 0.4) is 0 Å². The smallest absolute Gasteiger partial charge is 0.148 e. The second-order valence-electron chi connectivity index (χ2n) is 5.67. The highest BCUT2D eigenvalue weighted by Gasteiger charge is 2.10. The molecule has 0 fully saturated rings. The summed E-state index contributed by atoms with van der Waals surface area (Å²) < 4.78 is 7.74. The molecule has 3 rings (SSSR count). The molecule has 3 aromatic rings. The highest BCUT2D eigenvalue weighted by Crippen LogP contribution is 2.35. The van der Waals surface area contributed by atoms with E-state index in [2.05, 4.69) is 37.2 Å². The third-order valence-electron chi connectivity index (χ3n) is 3.68. The van der Waals surface area contributed by atoms with E-state index in [1.807, 2.05) is 60.7 Å². The van der Waals surface area contributed by atoms with Crippen molar-refractivity contribution in [3.63, 3.8) is 0 Å². The number of benzene rings is 3. The van der Waals surface area contributed by atoms with E-state index in [1.54, 1.807) is 0 Å². The minimum Gasteiger partial charge on any atom is -0.487 e. The Morgan fingerprint density at radius 2 is 1.50 bits per heavy atom. The second kappa shape index (κ2) is 9.14. The average Bonchev–Trinajstić information content (AvgIpc) is 2.61. The first kappa shape index (κ1) is 19.6. The summed E-state index contributed by atoms with van der Waals surface area (Å²) in [4.78, 5) is 0. The van der Waals surface area contributed by atoms with Gasteiger partial charge in [-0.25, -0.2) is 0 Å². The molecule has 0 aliphatic heterocycles. The minimum atomic E-state index is 0.467. The van der Waals surface area contributed by atoms with Gasteiger partial charge in [0.1, 0.15) is 12.4 Å². The third-order valence-corrected chi connectivity index (χ3v) is 5.34. The second-order valence-corrected chi connectivity index (χ2v) is 8.25. The predicted octanol–water partition coefficient (Wildman–Crippen LogP) is 7.71. The van der Waals surface area contributed by atoms with Crippen LogP contribution in [0.4, 0.5) is 5.69 Å². The number of hydrogen-bond donors (Lipinski definition) is 1. The molecular formula is C20H15Br2Cl2NO. The molecule has 0 amide bonds. The highest BCUT2D eigenvalue weighted by molar-refractivity contribution is 9.11. The van der Waals surface area contributed by atoms with E-state index < -0.39 is 0 Å². The molecule has 0 aliphatic rings. The van der Waals surface area contributed by atoms with Crippen LogP contribution in [0.5, 0.6) is 5.75 Å². The largest absolute Gasteiger partial charge is 0.487 e. The molecule has 0 heterocycles. The van der Waals surface area contributed by atoms with Crippen molar-refractivity contribution in [1.82, 2.24) is 0 Å². The van der Waals surface area contributed by atoms with Gasteiger partial charge in [-0.1, -0.05) is 41.4 Å². The summed E-state index contributed by atoms with van der Waals surface area (Å²) in [5, 5.41) is 4.79. The van der Waals surface area contributed by atoms with Gasteiger partial charge in [-0.05, 0) is 85.5 Å². The van der Waals surface area contributed by atoms with Crippen LogP contribution in [0.15, 0.2) is 69.6 Å². The summed E-state index contributed by atoms with van der Waals surface area (Å²) in [7, 11) is 0. The fourth-order valence-electron chi connectivity index (χ4n) is 2.39. The highest BCUT2D eigenvalue weighted by atomic mass is 79.9. The van der Waals surface area contributed by atoms with Crippen LogP contribution in [-0.4, -0.2) is 0 Å². The zero-order valence-electron chi connectivity index (χ0n) is 13.6. The van der Waals surface area contributed by atoms with Gasteiger partial charge in [-0.15, -0.1) is 0 Å². The maximum Gasteiger partial charge on any atom is 0.148 e. The molecule has 0 aromatic heterocycles. The van der Waals surface area contributed by atoms with Crippen LogP contribution in [-0.2, 0) is 13.2 Å².